The Bertz CT molecular complexity index is 1330. The number of H-pyrrole nitrogens is 1. The van der Waals surface area contributed by atoms with E-state index in [4.69, 9.17) is 9.72 Å². The smallest absolute Gasteiger partial charge is 0.328 e. The van der Waals surface area contributed by atoms with Gasteiger partial charge in [-0.2, -0.15) is 0 Å². The van der Waals surface area contributed by atoms with Crippen LogP contribution in [0, 0.1) is 5.41 Å². The highest BCUT2D eigenvalue weighted by atomic mass is 16.5. The number of hydrogen-bond donors (Lipinski definition) is 1. The molecule has 0 amide bonds. The highest BCUT2D eigenvalue weighted by Crippen LogP contribution is 2.45. The van der Waals surface area contributed by atoms with Crippen LogP contribution in [-0.2, 0) is 11.3 Å². The number of aromatic amines is 1. The average molecular weight is 429 g/mol. The van der Waals surface area contributed by atoms with Crippen LogP contribution >= 0.6 is 0 Å². The third-order valence-corrected chi connectivity index (χ3v) is 6.29. The number of imidazole rings is 1. The maximum absolute atomic E-state index is 12.7. The third-order valence-electron chi connectivity index (χ3n) is 6.29. The number of fused-ring (bicyclic) bond motifs is 1. The molecule has 0 aliphatic carbocycles. The van der Waals surface area contributed by atoms with Gasteiger partial charge in [0.2, 0.25) is 0 Å². The van der Waals surface area contributed by atoms with Crippen LogP contribution < -0.4 is 5.69 Å². The van der Waals surface area contributed by atoms with Crippen LogP contribution in [0.2, 0.25) is 0 Å². The van der Waals surface area contributed by atoms with Gasteiger partial charge in [-0.25, -0.2) is 14.8 Å². The van der Waals surface area contributed by atoms with Crippen molar-refractivity contribution in [3.8, 4) is 11.4 Å². The van der Waals surface area contributed by atoms with Gasteiger partial charge < -0.3 is 9.72 Å². The minimum absolute atomic E-state index is 0.128. The van der Waals surface area contributed by atoms with Crippen molar-refractivity contribution in [1.29, 1.82) is 0 Å². The number of benzene rings is 2. The second-order valence-electron chi connectivity index (χ2n) is 9.61. The average Bonchev–Trinajstić information content (AvgIpc) is 3.08. The van der Waals surface area contributed by atoms with Gasteiger partial charge in [0.25, 0.3) is 0 Å². The predicted octanol–water partition coefficient (Wildman–Crippen LogP) is 5.06. The van der Waals surface area contributed by atoms with E-state index in [0.717, 1.165) is 17.7 Å². The lowest BCUT2D eigenvalue weighted by Crippen LogP contribution is -2.40. The minimum Gasteiger partial charge on any atom is -0.372 e. The van der Waals surface area contributed by atoms with Gasteiger partial charge in [0.05, 0.1) is 25.5 Å². The first-order valence-electron chi connectivity index (χ1n) is 11.1. The summed E-state index contributed by atoms with van der Waals surface area (Å²) in [7, 11) is 0. The van der Waals surface area contributed by atoms with E-state index < -0.39 is 0 Å². The number of aromatic nitrogens is 4. The maximum atomic E-state index is 12.7. The number of nitrogens with one attached hydrogen (secondary N) is 1. The third kappa shape index (κ3) is 3.54. The SMILES string of the molecule is CC(C)c1ccccc1-c1ncc2[nH]c(=O)n(Cc3ccc(C4OCC4(C)C)cc3)c2n1. The van der Waals surface area contributed by atoms with Crippen molar-refractivity contribution in [3.63, 3.8) is 0 Å². The van der Waals surface area contributed by atoms with E-state index in [1.807, 2.05) is 18.2 Å². The van der Waals surface area contributed by atoms with Gasteiger partial charge in [0.15, 0.2) is 11.5 Å². The fourth-order valence-electron chi connectivity index (χ4n) is 4.45. The first kappa shape index (κ1) is 20.6. The molecule has 6 nitrogen and oxygen atoms in total. The molecule has 32 heavy (non-hydrogen) atoms. The van der Waals surface area contributed by atoms with Gasteiger partial charge >= 0.3 is 5.69 Å². The number of hydrogen-bond acceptors (Lipinski definition) is 4. The van der Waals surface area contributed by atoms with Crippen LogP contribution in [0.1, 0.15) is 56.4 Å². The zero-order valence-electron chi connectivity index (χ0n) is 18.9. The zero-order valence-corrected chi connectivity index (χ0v) is 18.9. The van der Waals surface area contributed by atoms with E-state index >= 15 is 0 Å². The van der Waals surface area contributed by atoms with Gasteiger partial charge in [0, 0.05) is 11.0 Å². The largest absolute Gasteiger partial charge is 0.372 e. The summed E-state index contributed by atoms with van der Waals surface area (Å²) in [5.41, 5.74) is 5.63. The zero-order chi connectivity index (χ0) is 22.5. The summed E-state index contributed by atoms with van der Waals surface area (Å²) in [5, 5.41) is 0. The Hall–Kier alpha value is -3.25. The topological polar surface area (TPSA) is 72.8 Å². The first-order valence-corrected chi connectivity index (χ1v) is 11.1. The molecule has 0 spiro atoms. The van der Waals surface area contributed by atoms with Gasteiger partial charge in [-0.3, -0.25) is 4.57 Å². The fourth-order valence-corrected chi connectivity index (χ4v) is 4.45. The lowest BCUT2D eigenvalue weighted by atomic mass is 9.79. The van der Waals surface area contributed by atoms with Crippen LogP contribution in [0.15, 0.2) is 59.5 Å². The number of nitrogens with zero attached hydrogens (tertiary/aromatic N) is 3. The molecule has 2 aromatic carbocycles. The molecule has 2 aromatic heterocycles. The molecule has 4 aromatic rings. The lowest BCUT2D eigenvalue weighted by molar-refractivity contribution is -0.172. The summed E-state index contributed by atoms with van der Waals surface area (Å²) in [6.07, 6.45) is 1.83. The van der Waals surface area contributed by atoms with E-state index in [1.54, 1.807) is 10.8 Å². The molecule has 1 aliphatic heterocycles. The molecule has 1 atom stereocenters. The normalized spacial score (nSPS) is 17.6. The Morgan fingerprint density at radius 1 is 1.16 bits per heavy atom. The molecule has 1 aliphatic rings. The van der Waals surface area contributed by atoms with Crippen LogP contribution in [0.4, 0.5) is 0 Å². The second kappa shape index (κ2) is 7.71. The van der Waals surface area contributed by atoms with Gasteiger partial charge in [-0.1, -0.05) is 76.2 Å². The molecule has 1 saturated heterocycles. The molecule has 164 valence electrons. The summed E-state index contributed by atoms with van der Waals surface area (Å²) >= 11 is 0. The van der Waals surface area contributed by atoms with Crippen LogP contribution in [0.25, 0.3) is 22.6 Å². The summed E-state index contributed by atoms with van der Waals surface area (Å²) in [5.74, 6) is 0.983. The first-order chi connectivity index (χ1) is 15.3. The Balaban J connectivity index is 1.49. The molecule has 3 heterocycles. The van der Waals surface area contributed by atoms with Crippen molar-refractivity contribution in [2.45, 2.75) is 46.3 Å². The molecular formula is C26H28N4O2. The minimum atomic E-state index is -0.184. The Labute approximate surface area is 187 Å². The molecule has 1 unspecified atom stereocenters. The second-order valence-corrected chi connectivity index (χ2v) is 9.61. The van der Waals surface area contributed by atoms with Gasteiger partial charge in [-0.05, 0) is 22.6 Å². The summed E-state index contributed by atoms with van der Waals surface area (Å²) in [6, 6.07) is 16.5. The summed E-state index contributed by atoms with van der Waals surface area (Å²) in [6.45, 7) is 9.97. The quantitative estimate of drug-likeness (QED) is 0.482. The van der Waals surface area contributed by atoms with Crippen molar-refractivity contribution in [2.24, 2.45) is 5.41 Å². The Kier molecular flexibility index (Phi) is 4.97. The molecule has 0 saturated carbocycles. The van der Waals surface area contributed by atoms with Gasteiger partial charge in [0.1, 0.15) is 5.52 Å². The molecule has 0 bridgehead atoms. The highest BCUT2D eigenvalue weighted by Gasteiger charge is 2.40. The fraction of sp³-hybridized carbons (Fsp3) is 0.346. The summed E-state index contributed by atoms with van der Waals surface area (Å²) < 4.78 is 7.44. The molecule has 1 N–H and O–H groups in total. The van der Waals surface area contributed by atoms with Crippen LogP contribution in [0.3, 0.4) is 0 Å². The van der Waals surface area contributed by atoms with E-state index in [2.05, 4.69) is 68.0 Å². The van der Waals surface area contributed by atoms with E-state index in [1.165, 1.54) is 11.1 Å². The Morgan fingerprint density at radius 3 is 2.56 bits per heavy atom. The molecule has 6 heteroatoms. The maximum Gasteiger partial charge on any atom is 0.328 e. The van der Waals surface area contributed by atoms with Crippen LogP contribution in [0.5, 0.6) is 0 Å². The van der Waals surface area contributed by atoms with E-state index in [0.29, 0.717) is 29.5 Å². The molecular weight excluding hydrogens is 400 g/mol. The number of rotatable bonds is 5. The summed E-state index contributed by atoms with van der Waals surface area (Å²) in [4.78, 5) is 24.9. The highest BCUT2D eigenvalue weighted by molar-refractivity contribution is 5.73. The van der Waals surface area contributed by atoms with E-state index in [9.17, 15) is 4.79 Å². The Morgan fingerprint density at radius 2 is 1.91 bits per heavy atom. The monoisotopic (exact) mass is 428 g/mol. The van der Waals surface area contributed by atoms with Crippen molar-refractivity contribution >= 4 is 11.2 Å². The van der Waals surface area contributed by atoms with E-state index in [-0.39, 0.29) is 17.2 Å². The number of ether oxygens (including phenoxy) is 1. The van der Waals surface area contributed by atoms with Crippen LogP contribution in [-0.4, -0.2) is 26.1 Å². The molecule has 0 radical (unpaired) electrons. The molecule has 1 fully saturated rings. The molecule has 5 rings (SSSR count). The van der Waals surface area contributed by atoms with Crippen molar-refractivity contribution in [2.75, 3.05) is 6.61 Å². The standard InChI is InChI=1S/C26H28N4O2/c1-16(2)19-7-5-6-8-20(19)23-27-13-21-24(29-23)30(25(31)28-21)14-17-9-11-18(12-10-17)22-26(3,4)15-32-22/h5-13,16,22H,14-15H2,1-4H3,(H,28,31). The van der Waals surface area contributed by atoms with Crippen molar-refractivity contribution in [3.05, 3.63) is 81.9 Å². The lowest BCUT2D eigenvalue weighted by Gasteiger charge is -2.44. The van der Waals surface area contributed by atoms with Crippen molar-refractivity contribution in [1.82, 2.24) is 19.5 Å². The predicted molar refractivity (Wildman–Crippen MR) is 126 cm³/mol. The van der Waals surface area contributed by atoms with Gasteiger partial charge in [-0.15, -0.1) is 0 Å². The van der Waals surface area contributed by atoms with Crippen molar-refractivity contribution < 1.29 is 4.74 Å².